The maximum Gasteiger partial charge on any atom is 0.407 e. The molecule has 1 aromatic rings. The molecule has 1 aromatic carbocycles. The third kappa shape index (κ3) is 5.33. The van der Waals surface area contributed by atoms with Gasteiger partial charge in [-0.1, -0.05) is 30.3 Å². The first-order chi connectivity index (χ1) is 8.09. The van der Waals surface area contributed by atoms with Gasteiger partial charge >= 0.3 is 6.09 Å². The summed E-state index contributed by atoms with van der Waals surface area (Å²) in [5.41, 5.74) is 6.36. The molecular weight excluding hydrogens is 220 g/mol. The Hall–Kier alpha value is -1.59. The second kappa shape index (κ2) is 6.88. The van der Waals surface area contributed by atoms with Crippen molar-refractivity contribution in [3.63, 3.8) is 0 Å². The standard InChI is InChI=1S/C12H18N2O3/c1-9(13)11(15)7-14-12(16)17-8-10-5-3-2-4-6-10/h2-6,9,11,15H,7-8,13H2,1H3,(H,14,16)/t9-,11-/m0/s1. The van der Waals surface area contributed by atoms with Crippen LogP contribution in [0.5, 0.6) is 0 Å². The van der Waals surface area contributed by atoms with Crippen molar-refractivity contribution in [3.05, 3.63) is 35.9 Å². The zero-order valence-electron chi connectivity index (χ0n) is 9.80. The number of amides is 1. The average Bonchev–Trinajstić information content (AvgIpc) is 2.34. The molecule has 94 valence electrons. The highest BCUT2D eigenvalue weighted by molar-refractivity contribution is 5.67. The van der Waals surface area contributed by atoms with Crippen molar-refractivity contribution in [2.24, 2.45) is 5.73 Å². The van der Waals surface area contributed by atoms with Crippen molar-refractivity contribution >= 4 is 6.09 Å². The molecule has 17 heavy (non-hydrogen) atoms. The first kappa shape index (κ1) is 13.5. The molecule has 0 bridgehead atoms. The van der Waals surface area contributed by atoms with E-state index < -0.39 is 12.2 Å². The molecule has 0 aliphatic carbocycles. The summed E-state index contributed by atoms with van der Waals surface area (Å²) in [5.74, 6) is 0. The van der Waals surface area contributed by atoms with E-state index >= 15 is 0 Å². The monoisotopic (exact) mass is 238 g/mol. The smallest absolute Gasteiger partial charge is 0.407 e. The van der Waals surface area contributed by atoms with Crippen LogP contribution in [-0.4, -0.2) is 29.9 Å². The first-order valence-electron chi connectivity index (χ1n) is 5.48. The fraction of sp³-hybridized carbons (Fsp3) is 0.417. The van der Waals surface area contributed by atoms with Crippen molar-refractivity contribution in [3.8, 4) is 0 Å². The predicted molar refractivity (Wildman–Crippen MR) is 64.3 cm³/mol. The van der Waals surface area contributed by atoms with Crippen molar-refractivity contribution in [1.29, 1.82) is 0 Å². The van der Waals surface area contributed by atoms with Crippen molar-refractivity contribution < 1.29 is 14.6 Å². The summed E-state index contributed by atoms with van der Waals surface area (Å²) in [6.07, 6.45) is -1.33. The number of benzene rings is 1. The molecule has 0 saturated heterocycles. The van der Waals surface area contributed by atoms with E-state index in [4.69, 9.17) is 10.5 Å². The maximum atomic E-state index is 11.3. The number of alkyl carbamates (subject to hydrolysis) is 1. The van der Waals surface area contributed by atoms with Crippen LogP contribution in [0.2, 0.25) is 0 Å². The minimum absolute atomic E-state index is 0.0886. The Labute approximate surface area is 101 Å². The molecule has 0 unspecified atom stereocenters. The Balaban J connectivity index is 2.22. The normalized spacial score (nSPS) is 13.8. The van der Waals surface area contributed by atoms with Crippen LogP contribution in [0.4, 0.5) is 4.79 Å². The van der Waals surface area contributed by atoms with Crippen molar-refractivity contribution in [1.82, 2.24) is 5.32 Å². The van der Waals surface area contributed by atoms with Gasteiger partial charge in [0.25, 0.3) is 0 Å². The highest BCUT2D eigenvalue weighted by Gasteiger charge is 2.11. The first-order valence-corrected chi connectivity index (χ1v) is 5.48. The lowest BCUT2D eigenvalue weighted by Gasteiger charge is -2.14. The van der Waals surface area contributed by atoms with Gasteiger partial charge in [-0.3, -0.25) is 0 Å². The molecule has 0 aliphatic heterocycles. The number of nitrogens with two attached hydrogens (primary N) is 1. The van der Waals surface area contributed by atoms with Gasteiger partial charge in [0.15, 0.2) is 0 Å². The van der Waals surface area contributed by atoms with Crippen LogP contribution >= 0.6 is 0 Å². The average molecular weight is 238 g/mol. The maximum absolute atomic E-state index is 11.3. The highest BCUT2D eigenvalue weighted by atomic mass is 16.5. The Morgan fingerprint density at radius 1 is 1.47 bits per heavy atom. The van der Waals surface area contributed by atoms with Gasteiger partial charge in [-0.05, 0) is 12.5 Å². The molecule has 5 nitrogen and oxygen atoms in total. The van der Waals surface area contributed by atoms with Crippen molar-refractivity contribution in [2.75, 3.05) is 6.54 Å². The minimum atomic E-state index is -0.765. The predicted octanol–water partition coefficient (Wildman–Crippen LogP) is 0.621. The van der Waals surface area contributed by atoms with Gasteiger partial charge < -0.3 is 20.9 Å². The van der Waals surface area contributed by atoms with E-state index in [1.807, 2.05) is 30.3 Å². The Morgan fingerprint density at radius 3 is 2.71 bits per heavy atom. The van der Waals surface area contributed by atoms with E-state index in [2.05, 4.69) is 5.32 Å². The lowest BCUT2D eigenvalue weighted by molar-refractivity contribution is 0.119. The van der Waals surface area contributed by atoms with Gasteiger partial charge in [-0.15, -0.1) is 0 Å². The van der Waals surface area contributed by atoms with Crippen LogP contribution in [-0.2, 0) is 11.3 Å². The summed E-state index contributed by atoms with van der Waals surface area (Å²) in [6, 6.07) is 8.98. The van der Waals surface area contributed by atoms with Gasteiger partial charge in [-0.2, -0.15) is 0 Å². The summed E-state index contributed by atoms with van der Waals surface area (Å²) in [6.45, 7) is 1.97. The Bertz CT molecular complexity index is 341. The number of carbonyl (C=O) groups is 1. The van der Waals surface area contributed by atoms with Crippen LogP contribution in [0.3, 0.4) is 0 Å². The molecule has 0 aliphatic rings. The summed E-state index contributed by atoms with van der Waals surface area (Å²) in [4.78, 5) is 11.3. The summed E-state index contributed by atoms with van der Waals surface area (Å²) in [5, 5.41) is 11.8. The summed E-state index contributed by atoms with van der Waals surface area (Å²) < 4.78 is 4.96. The number of hydrogen-bond acceptors (Lipinski definition) is 4. The van der Waals surface area contributed by atoms with Crippen LogP contribution in [0.1, 0.15) is 12.5 Å². The molecule has 0 spiro atoms. The van der Waals surface area contributed by atoms with Crippen LogP contribution in [0.15, 0.2) is 30.3 Å². The number of nitrogens with one attached hydrogen (secondary N) is 1. The van der Waals surface area contributed by atoms with E-state index in [1.54, 1.807) is 6.92 Å². The lowest BCUT2D eigenvalue weighted by Crippen LogP contribution is -2.41. The number of hydrogen-bond donors (Lipinski definition) is 3. The zero-order valence-corrected chi connectivity index (χ0v) is 9.80. The summed E-state index contributed by atoms with van der Waals surface area (Å²) in [7, 11) is 0. The molecule has 0 aromatic heterocycles. The molecule has 0 fully saturated rings. The molecular formula is C12H18N2O3. The van der Waals surface area contributed by atoms with Gasteiger partial charge in [0.1, 0.15) is 6.61 Å². The lowest BCUT2D eigenvalue weighted by atomic mass is 10.2. The molecule has 0 heterocycles. The fourth-order valence-electron chi connectivity index (χ4n) is 1.15. The third-order valence-corrected chi connectivity index (χ3v) is 2.28. The van der Waals surface area contributed by atoms with Gasteiger partial charge in [0, 0.05) is 12.6 Å². The molecule has 1 rings (SSSR count). The number of aliphatic hydroxyl groups is 1. The molecule has 5 heteroatoms. The molecule has 2 atom stereocenters. The van der Waals surface area contributed by atoms with Crippen LogP contribution in [0.25, 0.3) is 0 Å². The minimum Gasteiger partial charge on any atom is -0.445 e. The van der Waals surface area contributed by atoms with Gasteiger partial charge in [0.05, 0.1) is 6.10 Å². The van der Waals surface area contributed by atoms with Crippen LogP contribution in [0, 0.1) is 0 Å². The van der Waals surface area contributed by atoms with Gasteiger partial charge in [0.2, 0.25) is 0 Å². The van der Waals surface area contributed by atoms with Crippen molar-refractivity contribution in [2.45, 2.75) is 25.7 Å². The van der Waals surface area contributed by atoms with E-state index in [0.717, 1.165) is 5.56 Å². The largest absolute Gasteiger partial charge is 0.445 e. The zero-order chi connectivity index (χ0) is 12.7. The third-order valence-electron chi connectivity index (χ3n) is 2.28. The van der Waals surface area contributed by atoms with E-state index in [-0.39, 0.29) is 19.2 Å². The molecule has 1 amide bonds. The fourth-order valence-corrected chi connectivity index (χ4v) is 1.15. The summed E-state index contributed by atoms with van der Waals surface area (Å²) >= 11 is 0. The number of carbonyl (C=O) groups excluding carboxylic acids is 1. The van der Waals surface area contributed by atoms with Crippen LogP contribution < -0.4 is 11.1 Å². The highest BCUT2D eigenvalue weighted by Crippen LogP contribution is 2.00. The molecule has 4 N–H and O–H groups in total. The number of rotatable bonds is 5. The topological polar surface area (TPSA) is 84.6 Å². The quantitative estimate of drug-likeness (QED) is 0.702. The number of ether oxygens (including phenoxy) is 1. The second-order valence-electron chi connectivity index (χ2n) is 3.87. The van der Waals surface area contributed by atoms with E-state index in [1.165, 1.54) is 0 Å². The Kier molecular flexibility index (Phi) is 5.45. The van der Waals surface area contributed by atoms with Gasteiger partial charge in [-0.25, -0.2) is 4.79 Å². The molecule has 0 saturated carbocycles. The van der Waals surface area contributed by atoms with E-state index in [0.29, 0.717) is 0 Å². The number of aliphatic hydroxyl groups excluding tert-OH is 1. The second-order valence-corrected chi connectivity index (χ2v) is 3.87. The van der Waals surface area contributed by atoms with E-state index in [9.17, 15) is 9.90 Å². The Morgan fingerprint density at radius 2 is 2.12 bits per heavy atom. The SMILES string of the molecule is C[C@H](N)[C@@H](O)CNC(=O)OCc1ccccc1. The molecule has 0 radical (unpaired) electrons.